The Labute approximate surface area is 156 Å². The van der Waals surface area contributed by atoms with Crippen molar-refractivity contribution in [1.29, 1.82) is 5.26 Å². The second kappa shape index (κ2) is 6.87. The first-order chi connectivity index (χ1) is 10.8. The van der Waals surface area contributed by atoms with Gasteiger partial charge in [-0.2, -0.15) is 5.26 Å². The summed E-state index contributed by atoms with van der Waals surface area (Å²) in [5.41, 5.74) is 6.22. The van der Waals surface area contributed by atoms with Crippen LogP contribution in [-0.4, -0.2) is 9.97 Å². The largest absolute Gasteiger partial charge is 0.248 e. The van der Waals surface area contributed by atoms with Gasteiger partial charge in [0, 0.05) is 14.4 Å². The van der Waals surface area contributed by atoms with Gasteiger partial charge in [0.2, 0.25) is 0 Å². The quantitative estimate of drug-likeness (QED) is 0.366. The second-order valence-electron chi connectivity index (χ2n) is 4.75. The van der Waals surface area contributed by atoms with E-state index in [1.165, 1.54) is 0 Å². The molecule has 1 heterocycles. The molecular weight excluding hydrogens is 500 g/mol. The third kappa shape index (κ3) is 2.94. The average Bonchev–Trinajstić information content (AvgIpc) is 2.59. The van der Waals surface area contributed by atoms with Crippen molar-refractivity contribution < 1.29 is 0 Å². The molecule has 0 atom stereocenters. The zero-order valence-electron chi connectivity index (χ0n) is 11.6. The molecule has 5 heteroatoms. The zero-order valence-corrected chi connectivity index (χ0v) is 15.9. The molecule has 0 aliphatic heterocycles. The van der Waals surface area contributed by atoms with E-state index in [4.69, 9.17) is 4.98 Å². The van der Waals surface area contributed by atoms with Crippen molar-refractivity contribution in [3.05, 3.63) is 59.4 Å². The first-order valence-corrected chi connectivity index (χ1v) is 9.73. The summed E-state index contributed by atoms with van der Waals surface area (Å²) in [6.45, 7) is 0. The predicted octanol–water partition coefficient (Wildman–Crippen LogP) is 5.04. The fourth-order valence-corrected chi connectivity index (χ4v) is 3.56. The zero-order chi connectivity index (χ0) is 15.5. The summed E-state index contributed by atoms with van der Waals surface area (Å²) in [6.07, 6.45) is 0. The standard InChI is InChI=1S/C17H11I2N3/c18-8-16-17(9-19)22-15-7-13(11-4-2-1-3-5-11)12(10-20)6-14(15)21-16/h1-7H,8-9H2. The Morgan fingerprint density at radius 1 is 0.909 bits per heavy atom. The molecule has 0 fully saturated rings. The molecule has 22 heavy (non-hydrogen) atoms. The summed E-state index contributed by atoms with van der Waals surface area (Å²) < 4.78 is 1.65. The van der Waals surface area contributed by atoms with Crippen LogP contribution in [0.2, 0.25) is 0 Å². The second-order valence-corrected chi connectivity index (χ2v) is 6.27. The SMILES string of the molecule is N#Cc1cc2nc(CI)c(CI)nc2cc1-c1ccccc1. The molecule has 0 N–H and O–H groups in total. The van der Waals surface area contributed by atoms with Gasteiger partial charge in [-0.3, -0.25) is 0 Å². The van der Waals surface area contributed by atoms with Crippen molar-refractivity contribution in [3.63, 3.8) is 0 Å². The Morgan fingerprint density at radius 3 is 2.05 bits per heavy atom. The summed E-state index contributed by atoms with van der Waals surface area (Å²) in [7, 11) is 0. The molecule has 0 spiro atoms. The van der Waals surface area contributed by atoms with E-state index in [1.807, 2.05) is 42.5 Å². The van der Waals surface area contributed by atoms with Crippen LogP contribution in [0.25, 0.3) is 22.2 Å². The van der Waals surface area contributed by atoms with Crippen LogP contribution in [0.3, 0.4) is 0 Å². The van der Waals surface area contributed by atoms with Crippen LogP contribution in [0, 0.1) is 11.3 Å². The van der Waals surface area contributed by atoms with Gasteiger partial charge < -0.3 is 0 Å². The van der Waals surface area contributed by atoms with E-state index in [1.54, 1.807) is 0 Å². The molecule has 3 aromatic rings. The number of hydrogen-bond donors (Lipinski definition) is 0. The maximum absolute atomic E-state index is 9.47. The highest BCUT2D eigenvalue weighted by Gasteiger charge is 2.12. The molecule has 0 aliphatic rings. The minimum atomic E-state index is 0.634. The third-order valence-corrected chi connectivity index (χ3v) is 4.86. The van der Waals surface area contributed by atoms with Gasteiger partial charge in [-0.15, -0.1) is 0 Å². The highest BCUT2D eigenvalue weighted by atomic mass is 127. The van der Waals surface area contributed by atoms with Gasteiger partial charge in [0.25, 0.3) is 0 Å². The van der Waals surface area contributed by atoms with Crippen molar-refractivity contribution in [2.75, 3.05) is 0 Å². The molecule has 0 unspecified atom stereocenters. The van der Waals surface area contributed by atoms with Gasteiger partial charge in [0.15, 0.2) is 0 Å². The monoisotopic (exact) mass is 511 g/mol. The van der Waals surface area contributed by atoms with E-state index in [0.717, 1.165) is 42.4 Å². The Bertz CT molecular complexity index is 870. The van der Waals surface area contributed by atoms with Gasteiger partial charge in [-0.25, -0.2) is 9.97 Å². The maximum atomic E-state index is 9.47. The number of nitrogens with zero attached hydrogens (tertiary/aromatic N) is 3. The predicted molar refractivity (Wildman–Crippen MR) is 105 cm³/mol. The fourth-order valence-electron chi connectivity index (χ4n) is 2.34. The average molecular weight is 511 g/mol. The van der Waals surface area contributed by atoms with E-state index in [-0.39, 0.29) is 0 Å². The van der Waals surface area contributed by atoms with Gasteiger partial charge in [-0.1, -0.05) is 75.5 Å². The lowest BCUT2D eigenvalue weighted by Crippen LogP contribution is -1.99. The smallest absolute Gasteiger partial charge is 0.0999 e. The molecule has 0 bridgehead atoms. The number of nitriles is 1. The Hall–Kier alpha value is -1.27. The molecule has 2 aromatic carbocycles. The minimum Gasteiger partial charge on any atom is -0.248 e. The van der Waals surface area contributed by atoms with Gasteiger partial charge in [0.1, 0.15) is 0 Å². The van der Waals surface area contributed by atoms with Crippen LogP contribution in [0.4, 0.5) is 0 Å². The number of rotatable bonds is 3. The van der Waals surface area contributed by atoms with E-state index in [0.29, 0.717) is 5.56 Å². The number of aromatic nitrogens is 2. The Morgan fingerprint density at radius 2 is 1.50 bits per heavy atom. The summed E-state index contributed by atoms with van der Waals surface area (Å²) in [6, 6.07) is 16.0. The number of hydrogen-bond acceptors (Lipinski definition) is 3. The molecule has 0 amide bonds. The molecule has 0 radical (unpaired) electrons. The topological polar surface area (TPSA) is 49.6 Å². The van der Waals surface area contributed by atoms with Gasteiger partial charge in [0.05, 0.1) is 34.1 Å². The lowest BCUT2D eigenvalue weighted by Gasteiger charge is -2.09. The van der Waals surface area contributed by atoms with Crippen LogP contribution in [-0.2, 0) is 8.86 Å². The first-order valence-electron chi connectivity index (χ1n) is 6.68. The van der Waals surface area contributed by atoms with E-state index >= 15 is 0 Å². The minimum absolute atomic E-state index is 0.634. The molecule has 108 valence electrons. The lowest BCUT2D eigenvalue weighted by molar-refractivity contribution is 1.09. The van der Waals surface area contributed by atoms with Crippen LogP contribution in [0.15, 0.2) is 42.5 Å². The van der Waals surface area contributed by atoms with Gasteiger partial charge in [-0.05, 0) is 17.7 Å². The molecule has 0 saturated carbocycles. The summed E-state index contributed by atoms with van der Waals surface area (Å²) in [4.78, 5) is 9.42. The Kier molecular flexibility index (Phi) is 4.88. The normalized spacial score (nSPS) is 10.6. The maximum Gasteiger partial charge on any atom is 0.0999 e. The number of halogens is 2. The molecular formula is C17H11I2N3. The molecule has 3 nitrogen and oxygen atoms in total. The molecule has 3 rings (SSSR count). The Balaban J connectivity index is 2.29. The number of benzene rings is 2. The fraction of sp³-hybridized carbons (Fsp3) is 0.118. The van der Waals surface area contributed by atoms with Crippen LogP contribution < -0.4 is 0 Å². The van der Waals surface area contributed by atoms with E-state index in [9.17, 15) is 5.26 Å². The first kappa shape index (κ1) is 15.6. The summed E-state index contributed by atoms with van der Waals surface area (Å²) in [5, 5.41) is 9.47. The van der Waals surface area contributed by atoms with Crippen LogP contribution in [0.1, 0.15) is 17.0 Å². The summed E-state index contributed by atoms with van der Waals surface area (Å²) >= 11 is 4.61. The molecule has 0 aliphatic carbocycles. The third-order valence-electron chi connectivity index (χ3n) is 3.42. The van der Waals surface area contributed by atoms with Crippen molar-refractivity contribution in [2.45, 2.75) is 8.86 Å². The molecule has 0 saturated heterocycles. The van der Waals surface area contributed by atoms with Crippen LogP contribution >= 0.6 is 45.2 Å². The van der Waals surface area contributed by atoms with Crippen LogP contribution in [0.5, 0.6) is 0 Å². The number of alkyl halides is 2. The van der Waals surface area contributed by atoms with E-state index < -0.39 is 0 Å². The highest BCUT2D eigenvalue weighted by molar-refractivity contribution is 14.1. The van der Waals surface area contributed by atoms with Crippen molar-refractivity contribution >= 4 is 56.2 Å². The molecule has 1 aromatic heterocycles. The number of fused-ring (bicyclic) bond motifs is 1. The lowest BCUT2D eigenvalue weighted by atomic mass is 9.99. The van der Waals surface area contributed by atoms with E-state index in [2.05, 4.69) is 56.2 Å². The van der Waals surface area contributed by atoms with Crippen molar-refractivity contribution in [1.82, 2.24) is 9.97 Å². The van der Waals surface area contributed by atoms with Crippen molar-refractivity contribution in [3.8, 4) is 17.2 Å². The van der Waals surface area contributed by atoms with Gasteiger partial charge >= 0.3 is 0 Å². The highest BCUT2D eigenvalue weighted by Crippen LogP contribution is 2.28. The summed E-state index contributed by atoms with van der Waals surface area (Å²) in [5.74, 6) is 0. The van der Waals surface area contributed by atoms with Crippen molar-refractivity contribution in [2.24, 2.45) is 0 Å².